The summed E-state index contributed by atoms with van der Waals surface area (Å²) >= 11 is 0. The standard InChI is InChI=1S/C11H19N5O/c1-6(9(13)17)14-8-5-7(12)15-10(16-8)11(2,3)4/h5-6H,1-4H3,(H2,13,17)(H3,12,14,15,16). The third kappa shape index (κ3) is 3.58. The second-order valence-corrected chi connectivity index (χ2v) is 5.02. The van der Waals surface area contributed by atoms with E-state index in [1.165, 1.54) is 0 Å². The summed E-state index contributed by atoms with van der Waals surface area (Å²) in [5, 5.41) is 2.89. The highest BCUT2D eigenvalue weighted by atomic mass is 16.1. The van der Waals surface area contributed by atoms with Gasteiger partial charge in [0.1, 0.15) is 23.5 Å². The van der Waals surface area contributed by atoms with Crippen LogP contribution in [0.1, 0.15) is 33.5 Å². The molecule has 5 N–H and O–H groups in total. The van der Waals surface area contributed by atoms with Crippen molar-refractivity contribution in [2.24, 2.45) is 5.73 Å². The van der Waals surface area contributed by atoms with Crippen LogP contribution >= 0.6 is 0 Å². The Kier molecular flexibility index (Phi) is 3.55. The van der Waals surface area contributed by atoms with E-state index in [0.29, 0.717) is 17.5 Å². The fourth-order valence-electron chi connectivity index (χ4n) is 1.17. The molecular formula is C11H19N5O. The summed E-state index contributed by atoms with van der Waals surface area (Å²) in [5.41, 5.74) is 10.7. The number of primary amides is 1. The first-order valence-electron chi connectivity index (χ1n) is 5.41. The molecule has 0 saturated carbocycles. The average molecular weight is 237 g/mol. The van der Waals surface area contributed by atoms with E-state index in [0.717, 1.165) is 0 Å². The maximum absolute atomic E-state index is 11.0. The van der Waals surface area contributed by atoms with Crippen LogP contribution < -0.4 is 16.8 Å². The molecule has 0 aromatic carbocycles. The molecule has 1 unspecified atom stereocenters. The van der Waals surface area contributed by atoms with Crippen LogP contribution in [-0.2, 0) is 10.2 Å². The zero-order valence-corrected chi connectivity index (χ0v) is 10.6. The van der Waals surface area contributed by atoms with Gasteiger partial charge in [0, 0.05) is 11.5 Å². The number of hydrogen-bond acceptors (Lipinski definition) is 5. The van der Waals surface area contributed by atoms with E-state index < -0.39 is 11.9 Å². The molecule has 0 fully saturated rings. The third-order valence-corrected chi connectivity index (χ3v) is 2.21. The van der Waals surface area contributed by atoms with Crippen molar-refractivity contribution >= 4 is 17.5 Å². The second kappa shape index (κ2) is 4.57. The number of amides is 1. The number of carbonyl (C=O) groups excluding carboxylic acids is 1. The lowest BCUT2D eigenvalue weighted by atomic mass is 9.96. The van der Waals surface area contributed by atoms with Gasteiger partial charge >= 0.3 is 0 Å². The number of rotatable bonds is 3. The highest BCUT2D eigenvalue weighted by Gasteiger charge is 2.19. The molecule has 94 valence electrons. The molecule has 1 amide bonds. The van der Waals surface area contributed by atoms with Gasteiger partial charge in [-0.3, -0.25) is 4.79 Å². The molecule has 0 bridgehead atoms. The van der Waals surface area contributed by atoms with Gasteiger partial charge in [-0.15, -0.1) is 0 Å². The normalized spacial score (nSPS) is 13.2. The second-order valence-electron chi connectivity index (χ2n) is 5.02. The molecule has 0 radical (unpaired) electrons. The van der Waals surface area contributed by atoms with Crippen LogP contribution in [0.15, 0.2) is 6.07 Å². The van der Waals surface area contributed by atoms with Crippen molar-refractivity contribution in [3.05, 3.63) is 11.9 Å². The number of nitrogens with two attached hydrogens (primary N) is 2. The lowest BCUT2D eigenvalue weighted by Gasteiger charge is -2.19. The predicted octanol–water partition coefficient (Wildman–Crippen LogP) is 0.642. The first-order valence-corrected chi connectivity index (χ1v) is 5.41. The van der Waals surface area contributed by atoms with Gasteiger partial charge in [-0.25, -0.2) is 9.97 Å². The summed E-state index contributed by atoms with van der Waals surface area (Å²) in [6, 6.07) is 1.08. The summed E-state index contributed by atoms with van der Waals surface area (Å²) < 4.78 is 0. The number of nitrogens with one attached hydrogen (secondary N) is 1. The molecule has 0 saturated heterocycles. The van der Waals surface area contributed by atoms with Crippen LogP contribution in [0.25, 0.3) is 0 Å². The van der Waals surface area contributed by atoms with Crippen molar-refractivity contribution in [2.75, 3.05) is 11.1 Å². The van der Waals surface area contributed by atoms with Gasteiger partial charge < -0.3 is 16.8 Å². The van der Waals surface area contributed by atoms with Gasteiger partial charge in [-0.1, -0.05) is 20.8 Å². The van der Waals surface area contributed by atoms with Crippen LogP contribution in [0.4, 0.5) is 11.6 Å². The fraction of sp³-hybridized carbons (Fsp3) is 0.545. The topological polar surface area (TPSA) is 107 Å². The smallest absolute Gasteiger partial charge is 0.239 e. The number of aromatic nitrogens is 2. The zero-order valence-electron chi connectivity index (χ0n) is 10.6. The molecule has 1 rings (SSSR count). The monoisotopic (exact) mass is 237 g/mol. The number of nitrogen functional groups attached to an aromatic ring is 1. The van der Waals surface area contributed by atoms with Gasteiger partial charge in [-0.2, -0.15) is 0 Å². The van der Waals surface area contributed by atoms with E-state index >= 15 is 0 Å². The molecule has 0 aliphatic carbocycles. The van der Waals surface area contributed by atoms with Crippen LogP contribution in [-0.4, -0.2) is 21.9 Å². The zero-order chi connectivity index (χ0) is 13.2. The van der Waals surface area contributed by atoms with Crippen LogP contribution in [0, 0.1) is 0 Å². The van der Waals surface area contributed by atoms with Crippen LogP contribution in [0.3, 0.4) is 0 Å². The predicted molar refractivity (Wildman–Crippen MR) is 67.4 cm³/mol. The van der Waals surface area contributed by atoms with Gasteiger partial charge in [-0.05, 0) is 6.92 Å². The minimum atomic E-state index is -0.503. The Labute approximate surface area is 101 Å². The summed E-state index contributed by atoms with van der Waals surface area (Å²) in [4.78, 5) is 19.4. The van der Waals surface area contributed by atoms with Crippen molar-refractivity contribution in [1.29, 1.82) is 0 Å². The van der Waals surface area contributed by atoms with Gasteiger partial charge in [0.15, 0.2) is 0 Å². The van der Waals surface area contributed by atoms with E-state index in [4.69, 9.17) is 11.5 Å². The summed E-state index contributed by atoms with van der Waals surface area (Å²) in [7, 11) is 0. The van der Waals surface area contributed by atoms with E-state index in [-0.39, 0.29) is 5.41 Å². The van der Waals surface area contributed by atoms with Crippen LogP contribution in [0.5, 0.6) is 0 Å². The third-order valence-electron chi connectivity index (χ3n) is 2.21. The number of hydrogen-bond donors (Lipinski definition) is 3. The summed E-state index contributed by atoms with van der Waals surface area (Å²) in [6.45, 7) is 7.63. The SMILES string of the molecule is CC(Nc1cc(N)nc(C(C)(C)C)n1)C(N)=O. The average Bonchev–Trinajstić information content (AvgIpc) is 2.15. The van der Waals surface area contributed by atoms with Crippen molar-refractivity contribution in [2.45, 2.75) is 39.2 Å². The summed E-state index contributed by atoms with van der Waals surface area (Å²) in [6.07, 6.45) is 0. The van der Waals surface area contributed by atoms with Crippen molar-refractivity contribution in [3.8, 4) is 0 Å². The van der Waals surface area contributed by atoms with Gasteiger partial charge in [0.25, 0.3) is 0 Å². The molecular weight excluding hydrogens is 218 g/mol. The van der Waals surface area contributed by atoms with E-state index in [1.807, 2.05) is 20.8 Å². The Morgan fingerprint density at radius 1 is 1.41 bits per heavy atom. The lowest BCUT2D eigenvalue weighted by Crippen LogP contribution is -2.33. The Morgan fingerprint density at radius 3 is 2.47 bits per heavy atom. The molecule has 0 aliphatic heterocycles. The minimum absolute atomic E-state index is 0.207. The summed E-state index contributed by atoms with van der Waals surface area (Å²) in [5.74, 6) is 1.05. The molecule has 6 nitrogen and oxygen atoms in total. The fourth-order valence-corrected chi connectivity index (χ4v) is 1.17. The quantitative estimate of drug-likeness (QED) is 0.715. The lowest BCUT2D eigenvalue weighted by molar-refractivity contribution is -0.118. The molecule has 1 heterocycles. The van der Waals surface area contributed by atoms with Crippen molar-refractivity contribution in [3.63, 3.8) is 0 Å². The van der Waals surface area contributed by atoms with Gasteiger partial charge in [0.2, 0.25) is 5.91 Å². The first kappa shape index (κ1) is 13.2. The number of nitrogens with zero attached hydrogens (tertiary/aromatic N) is 2. The Balaban J connectivity index is 3.02. The highest BCUT2D eigenvalue weighted by molar-refractivity contribution is 5.82. The van der Waals surface area contributed by atoms with E-state index in [2.05, 4.69) is 15.3 Å². The minimum Gasteiger partial charge on any atom is -0.384 e. The Bertz CT molecular complexity index is 424. The molecule has 6 heteroatoms. The maximum Gasteiger partial charge on any atom is 0.239 e. The van der Waals surface area contributed by atoms with Crippen LogP contribution in [0.2, 0.25) is 0 Å². The molecule has 17 heavy (non-hydrogen) atoms. The highest BCUT2D eigenvalue weighted by Crippen LogP contribution is 2.21. The number of anilines is 2. The Hall–Kier alpha value is -1.85. The maximum atomic E-state index is 11.0. The molecule has 0 aliphatic rings. The molecule has 0 spiro atoms. The van der Waals surface area contributed by atoms with Gasteiger partial charge in [0.05, 0.1) is 0 Å². The largest absolute Gasteiger partial charge is 0.384 e. The van der Waals surface area contributed by atoms with E-state index in [9.17, 15) is 4.79 Å². The van der Waals surface area contributed by atoms with Crippen molar-refractivity contribution in [1.82, 2.24) is 9.97 Å². The molecule has 1 atom stereocenters. The van der Waals surface area contributed by atoms with Crippen molar-refractivity contribution < 1.29 is 4.79 Å². The first-order chi connectivity index (χ1) is 7.70. The number of carbonyl (C=O) groups is 1. The Morgan fingerprint density at radius 2 is 2.00 bits per heavy atom. The van der Waals surface area contributed by atoms with E-state index in [1.54, 1.807) is 13.0 Å². The molecule has 1 aromatic heterocycles. The molecule has 1 aromatic rings.